The van der Waals surface area contributed by atoms with E-state index >= 15 is 0 Å². The molecule has 2 aromatic carbocycles. The first kappa shape index (κ1) is 13.8. The van der Waals surface area contributed by atoms with E-state index in [2.05, 4.69) is 49.2 Å². The Kier molecular flexibility index (Phi) is 3.48. The van der Waals surface area contributed by atoms with Crippen LogP contribution >= 0.6 is 0 Å². The van der Waals surface area contributed by atoms with Crippen molar-refractivity contribution in [3.63, 3.8) is 0 Å². The number of rotatable bonds is 2. The highest BCUT2D eigenvalue weighted by Crippen LogP contribution is 2.29. The molecule has 0 fully saturated rings. The Morgan fingerprint density at radius 2 is 1.67 bits per heavy atom. The van der Waals surface area contributed by atoms with E-state index in [4.69, 9.17) is 5.73 Å². The van der Waals surface area contributed by atoms with Crippen molar-refractivity contribution in [2.24, 2.45) is 5.73 Å². The molecule has 0 amide bonds. The topological polar surface area (TPSA) is 38.9 Å². The summed E-state index contributed by atoms with van der Waals surface area (Å²) in [5.74, 6) is 0. The van der Waals surface area contributed by atoms with Crippen LogP contribution in [0.25, 0.3) is 10.9 Å². The summed E-state index contributed by atoms with van der Waals surface area (Å²) in [5.41, 5.74) is 13.4. The number of fused-ring (bicyclic) bond motifs is 1. The fourth-order valence-corrected chi connectivity index (χ4v) is 2.94. The molecule has 3 rings (SSSR count). The Labute approximate surface area is 125 Å². The smallest absolute Gasteiger partial charge is 0.0708 e. The Hall–Kier alpha value is -2.19. The van der Waals surface area contributed by atoms with Gasteiger partial charge in [0.25, 0.3) is 0 Å². The van der Waals surface area contributed by atoms with Crippen molar-refractivity contribution in [2.75, 3.05) is 0 Å². The minimum absolute atomic E-state index is 0.128. The third kappa shape index (κ3) is 2.55. The second-order valence-electron chi connectivity index (χ2n) is 5.71. The van der Waals surface area contributed by atoms with Crippen LogP contribution in [0, 0.1) is 20.8 Å². The Morgan fingerprint density at radius 3 is 2.43 bits per heavy atom. The van der Waals surface area contributed by atoms with Crippen LogP contribution in [0.1, 0.15) is 34.0 Å². The zero-order chi connectivity index (χ0) is 15.0. The molecule has 2 nitrogen and oxygen atoms in total. The number of pyridine rings is 1. The van der Waals surface area contributed by atoms with E-state index in [-0.39, 0.29) is 6.04 Å². The van der Waals surface area contributed by atoms with Gasteiger partial charge in [0.2, 0.25) is 0 Å². The SMILES string of the molecule is Cc1ccc(C(N)c2cc(C)nc3ccccc23)c(C)c1. The summed E-state index contributed by atoms with van der Waals surface area (Å²) < 4.78 is 0. The molecular formula is C19H20N2. The molecule has 21 heavy (non-hydrogen) atoms. The minimum Gasteiger partial charge on any atom is -0.320 e. The summed E-state index contributed by atoms with van der Waals surface area (Å²) in [5, 5.41) is 1.13. The predicted octanol–water partition coefficient (Wildman–Crippen LogP) is 4.21. The van der Waals surface area contributed by atoms with Gasteiger partial charge in [-0.15, -0.1) is 0 Å². The molecule has 106 valence electrons. The van der Waals surface area contributed by atoms with Crippen LogP contribution in [-0.4, -0.2) is 4.98 Å². The van der Waals surface area contributed by atoms with Crippen molar-refractivity contribution in [2.45, 2.75) is 26.8 Å². The fourth-order valence-electron chi connectivity index (χ4n) is 2.94. The van der Waals surface area contributed by atoms with Crippen LogP contribution in [0.2, 0.25) is 0 Å². The third-order valence-electron chi connectivity index (χ3n) is 3.97. The van der Waals surface area contributed by atoms with Crippen LogP contribution in [0.15, 0.2) is 48.5 Å². The van der Waals surface area contributed by atoms with Gasteiger partial charge in [-0.2, -0.15) is 0 Å². The molecule has 0 radical (unpaired) electrons. The molecule has 1 heterocycles. The highest BCUT2D eigenvalue weighted by molar-refractivity contribution is 5.83. The average Bonchev–Trinajstić information content (AvgIpc) is 2.45. The van der Waals surface area contributed by atoms with Crippen molar-refractivity contribution in [1.82, 2.24) is 4.98 Å². The van der Waals surface area contributed by atoms with Gasteiger partial charge in [-0.3, -0.25) is 4.98 Å². The normalized spacial score (nSPS) is 12.6. The Morgan fingerprint density at radius 1 is 0.905 bits per heavy atom. The van der Waals surface area contributed by atoms with Crippen LogP contribution in [0.3, 0.4) is 0 Å². The van der Waals surface area contributed by atoms with Crippen molar-refractivity contribution < 1.29 is 0 Å². The maximum absolute atomic E-state index is 6.57. The van der Waals surface area contributed by atoms with E-state index in [1.54, 1.807) is 0 Å². The zero-order valence-electron chi connectivity index (χ0n) is 12.7. The van der Waals surface area contributed by atoms with Crippen LogP contribution in [0.5, 0.6) is 0 Å². The van der Waals surface area contributed by atoms with Gasteiger partial charge in [0.15, 0.2) is 0 Å². The molecule has 1 aromatic heterocycles. The standard InChI is InChI=1S/C19H20N2/c1-12-8-9-15(13(2)10-12)19(20)17-11-14(3)21-18-7-5-4-6-16(17)18/h4-11,19H,20H2,1-3H3. The maximum atomic E-state index is 6.57. The second kappa shape index (κ2) is 5.30. The molecule has 2 N–H and O–H groups in total. The quantitative estimate of drug-likeness (QED) is 0.761. The molecule has 0 bridgehead atoms. The lowest BCUT2D eigenvalue weighted by atomic mass is 9.92. The first-order chi connectivity index (χ1) is 10.1. The number of hydrogen-bond acceptors (Lipinski definition) is 2. The van der Waals surface area contributed by atoms with Crippen molar-refractivity contribution in [3.05, 3.63) is 76.5 Å². The molecule has 0 aliphatic heterocycles. The number of benzene rings is 2. The number of aromatic nitrogens is 1. The molecular weight excluding hydrogens is 256 g/mol. The first-order valence-electron chi connectivity index (χ1n) is 7.25. The van der Waals surface area contributed by atoms with Gasteiger partial charge < -0.3 is 5.73 Å². The lowest BCUT2D eigenvalue weighted by Crippen LogP contribution is -2.14. The van der Waals surface area contributed by atoms with Gasteiger partial charge in [0.1, 0.15) is 0 Å². The molecule has 0 spiro atoms. The predicted molar refractivity (Wildman–Crippen MR) is 88.4 cm³/mol. The summed E-state index contributed by atoms with van der Waals surface area (Å²) >= 11 is 0. The Balaban J connectivity index is 2.19. The Bertz CT molecular complexity index is 806. The van der Waals surface area contributed by atoms with Crippen molar-refractivity contribution in [1.29, 1.82) is 0 Å². The molecule has 0 aliphatic carbocycles. The van der Waals surface area contributed by atoms with E-state index in [0.717, 1.165) is 22.2 Å². The number of aryl methyl sites for hydroxylation is 3. The molecule has 0 saturated heterocycles. The third-order valence-corrected chi connectivity index (χ3v) is 3.97. The van der Waals surface area contributed by atoms with Gasteiger partial charge in [0.05, 0.1) is 11.6 Å². The number of nitrogens with two attached hydrogens (primary N) is 1. The highest BCUT2D eigenvalue weighted by atomic mass is 14.7. The van der Waals surface area contributed by atoms with Crippen LogP contribution in [-0.2, 0) is 0 Å². The average molecular weight is 276 g/mol. The lowest BCUT2D eigenvalue weighted by Gasteiger charge is -2.18. The van der Waals surface area contributed by atoms with E-state index in [1.165, 1.54) is 16.7 Å². The largest absolute Gasteiger partial charge is 0.320 e. The van der Waals surface area contributed by atoms with Gasteiger partial charge in [-0.1, -0.05) is 42.0 Å². The monoisotopic (exact) mass is 276 g/mol. The first-order valence-corrected chi connectivity index (χ1v) is 7.25. The summed E-state index contributed by atoms with van der Waals surface area (Å²) in [6.07, 6.45) is 0. The molecule has 1 atom stereocenters. The summed E-state index contributed by atoms with van der Waals surface area (Å²) in [6, 6.07) is 16.6. The summed E-state index contributed by atoms with van der Waals surface area (Å²) in [6.45, 7) is 6.25. The van der Waals surface area contributed by atoms with Gasteiger partial charge in [-0.05, 0) is 49.6 Å². The van der Waals surface area contributed by atoms with E-state index in [1.807, 2.05) is 25.1 Å². The molecule has 0 saturated carbocycles. The minimum atomic E-state index is -0.128. The van der Waals surface area contributed by atoms with E-state index in [0.29, 0.717) is 0 Å². The maximum Gasteiger partial charge on any atom is 0.0708 e. The molecule has 2 heteroatoms. The van der Waals surface area contributed by atoms with Gasteiger partial charge in [-0.25, -0.2) is 0 Å². The van der Waals surface area contributed by atoms with E-state index in [9.17, 15) is 0 Å². The van der Waals surface area contributed by atoms with Crippen LogP contribution < -0.4 is 5.73 Å². The van der Waals surface area contributed by atoms with Crippen molar-refractivity contribution in [3.8, 4) is 0 Å². The van der Waals surface area contributed by atoms with Crippen LogP contribution in [0.4, 0.5) is 0 Å². The lowest BCUT2D eigenvalue weighted by molar-refractivity contribution is 0.865. The summed E-state index contributed by atoms with van der Waals surface area (Å²) in [7, 11) is 0. The molecule has 1 unspecified atom stereocenters. The highest BCUT2D eigenvalue weighted by Gasteiger charge is 2.15. The second-order valence-corrected chi connectivity index (χ2v) is 5.71. The number of para-hydroxylation sites is 1. The zero-order valence-corrected chi connectivity index (χ0v) is 12.7. The van der Waals surface area contributed by atoms with Gasteiger partial charge >= 0.3 is 0 Å². The van der Waals surface area contributed by atoms with Gasteiger partial charge in [0, 0.05) is 11.1 Å². The molecule has 3 aromatic rings. The summed E-state index contributed by atoms with van der Waals surface area (Å²) in [4.78, 5) is 4.59. The number of hydrogen-bond donors (Lipinski definition) is 1. The van der Waals surface area contributed by atoms with E-state index < -0.39 is 0 Å². The number of nitrogens with zero attached hydrogens (tertiary/aromatic N) is 1. The molecule has 0 aliphatic rings. The van der Waals surface area contributed by atoms with Crippen molar-refractivity contribution >= 4 is 10.9 Å². The fraction of sp³-hybridized carbons (Fsp3) is 0.211.